The molecule has 0 saturated carbocycles. The fraction of sp³-hybridized carbons (Fsp3) is 0.636. The first-order valence-corrected chi connectivity index (χ1v) is 5.56. The van der Waals surface area contributed by atoms with E-state index in [2.05, 4.69) is 29.7 Å². The first kappa shape index (κ1) is 12.7. The molecule has 0 aromatic carbocycles. The second-order valence-corrected chi connectivity index (χ2v) is 4.35. The molecule has 5 nitrogen and oxygen atoms in total. The Morgan fingerprint density at radius 1 is 1.56 bits per heavy atom. The van der Waals surface area contributed by atoms with Crippen molar-refractivity contribution in [3.63, 3.8) is 0 Å². The molecule has 1 aromatic rings. The molecule has 2 N–H and O–H groups in total. The van der Waals surface area contributed by atoms with Gasteiger partial charge in [-0.05, 0) is 12.3 Å². The molecule has 0 bridgehead atoms. The molecule has 0 atom stereocenters. The lowest BCUT2D eigenvalue weighted by atomic mass is 10.2. The van der Waals surface area contributed by atoms with Crippen molar-refractivity contribution >= 4 is 5.91 Å². The van der Waals surface area contributed by atoms with Crippen LogP contribution in [-0.2, 0) is 18.3 Å². The maximum absolute atomic E-state index is 11.4. The van der Waals surface area contributed by atoms with E-state index in [9.17, 15) is 4.79 Å². The van der Waals surface area contributed by atoms with E-state index in [1.165, 1.54) is 0 Å². The van der Waals surface area contributed by atoms with Gasteiger partial charge in [-0.1, -0.05) is 13.8 Å². The summed E-state index contributed by atoms with van der Waals surface area (Å²) in [6.07, 6.45) is 4.80. The van der Waals surface area contributed by atoms with Gasteiger partial charge in [0.05, 0.1) is 12.0 Å². The third-order valence-corrected chi connectivity index (χ3v) is 2.10. The normalized spacial score (nSPS) is 10.8. The Balaban J connectivity index is 2.15. The number of nitrogens with zero attached hydrogens (tertiary/aromatic N) is 2. The number of rotatable bonds is 6. The number of aromatic nitrogens is 2. The number of hydrazine groups is 1. The van der Waals surface area contributed by atoms with Gasteiger partial charge >= 0.3 is 0 Å². The van der Waals surface area contributed by atoms with Crippen LogP contribution in [0.25, 0.3) is 0 Å². The maximum Gasteiger partial charge on any atom is 0.234 e. The third kappa shape index (κ3) is 4.93. The lowest BCUT2D eigenvalue weighted by Crippen LogP contribution is -2.39. The zero-order chi connectivity index (χ0) is 12.0. The highest BCUT2D eigenvalue weighted by Gasteiger charge is 2.03. The number of imidazole rings is 1. The quantitative estimate of drug-likeness (QED) is 0.697. The molecule has 90 valence electrons. The Morgan fingerprint density at radius 2 is 2.31 bits per heavy atom. The SMILES string of the molecule is CC(C)CNNC(=O)CCc1cn(C)cn1. The van der Waals surface area contributed by atoms with Gasteiger partial charge < -0.3 is 4.57 Å². The van der Waals surface area contributed by atoms with E-state index >= 15 is 0 Å². The average molecular weight is 224 g/mol. The Bertz CT molecular complexity index is 332. The van der Waals surface area contributed by atoms with Gasteiger partial charge in [0.2, 0.25) is 5.91 Å². The summed E-state index contributed by atoms with van der Waals surface area (Å²) in [7, 11) is 1.92. The van der Waals surface area contributed by atoms with E-state index in [0.29, 0.717) is 18.8 Å². The summed E-state index contributed by atoms with van der Waals surface area (Å²) in [5.41, 5.74) is 6.51. The second-order valence-electron chi connectivity index (χ2n) is 4.35. The molecule has 0 radical (unpaired) electrons. The van der Waals surface area contributed by atoms with Crippen molar-refractivity contribution in [3.8, 4) is 0 Å². The maximum atomic E-state index is 11.4. The number of amides is 1. The molecule has 0 spiro atoms. The van der Waals surface area contributed by atoms with Crippen LogP contribution in [-0.4, -0.2) is 22.0 Å². The molecule has 0 aliphatic rings. The number of hydrogen-bond acceptors (Lipinski definition) is 3. The summed E-state index contributed by atoms with van der Waals surface area (Å²) < 4.78 is 1.88. The van der Waals surface area contributed by atoms with Crippen molar-refractivity contribution in [2.45, 2.75) is 26.7 Å². The molecular formula is C11H20N4O. The smallest absolute Gasteiger partial charge is 0.234 e. The van der Waals surface area contributed by atoms with Crippen LogP contribution in [0, 0.1) is 5.92 Å². The zero-order valence-electron chi connectivity index (χ0n) is 10.2. The summed E-state index contributed by atoms with van der Waals surface area (Å²) in [6.45, 7) is 4.97. The summed E-state index contributed by atoms with van der Waals surface area (Å²) in [5, 5.41) is 0. The molecular weight excluding hydrogens is 204 g/mol. The first-order chi connectivity index (χ1) is 7.58. The summed E-state index contributed by atoms with van der Waals surface area (Å²) in [5.74, 6) is 0.530. The summed E-state index contributed by atoms with van der Waals surface area (Å²) >= 11 is 0. The van der Waals surface area contributed by atoms with Crippen LogP contribution < -0.4 is 10.9 Å². The number of carbonyl (C=O) groups is 1. The number of nitrogens with one attached hydrogen (secondary N) is 2. The Morgan fingerprint density at radius 3 is 2.88 bits per heavy atom. The largest absolute Gasteiger partial charge is 0.340 e. The molecule has 0 aliphatic carbocycles. The molecule has 1 aromatic heterocycles. The molecule has 1 heterocycles. The fourth-order valence-corrected chi connectivity index (χ4v) is 1.25. The Labute approximate surface area is 96.2 Å². The van der Waals surface area contributed by atoms with Crippen molar-refractivity contribution in [2.24, 2.45) is 13.0 Å². The second kappa shape index (κ2) is 6.27. The van der Waals surface area contributed by atoms with Crippen molar-refractivity contribution in [3.05, 3.63) is 18.2 Å². The van der Waals surface area contributed by atoms with Crippen LogP contribution in [0.4, 0.5) is 0 Å². The lowest BCUT2D eigenvalue weighted by Gasteiger charge is -2.08. The third-order valence-electron chi connectivity index (χ3n) is 2.10. The number of carbonyl (C=O) groups excluding carboxylic acids is 1. The van der Waals surface area contributed by atoms with Crippen LogP contribution in [0.1, 0.15) is 26.0 Å². The van der Waals surface area contributed by atoms with Crippen molar-refractivity contribution in [1.29, 1.82) is 0 Å². The van der Waals surface area contributed by atoms with Crippen LogP contribution in [0.2, 0.25) is 0 Å². The van der Waals surface area contributed by atoms with Crippen molar-refractivity contribution in [2.75, 3.05) is 6.54 Å². The van der Waals surface area contributed by atoms with E-state index in [0.717, 1.165) is 12.2 Å². The highest BCUT2D eigenvalue weighted by molar-refractivity contribution is 5.75. The minimum Gasteiger partial charge on any atom is -0.340 e. The Kier molecular flexibility index (Phi) is 4.98. The van der Waals surface area contributed by atoms with Gasteiger partial charge in [0.1, 0.15) is 0 Å². The zero-order valence-corrected chi connectivity index (χ0v) is 10.2. The van der Waals surface area contributed by atoms with Crippen LogP contribution in [0.15, 0.2) is 12.5 Å². The Hall–Kier alpha value is -1.36. The monoisotopic (exact) mass is 224 g/mol. The minimum atomic E-state index is 0.00584. The molecule has 0 unspecified atom stereocenters. The highest BCUT2D eigenvalue weighted by Crippen LogP contribution is 1.98. The summed E-state index contributed by atoms with van der Waals surface area (Å²) in [6, 6.07) is 0. The van der Waals surface area contributed by atoms with Crippen LogP contribution in [0.5, 0.6) is 0 Å². The van der Waals surface area contributed by atoms with Gasteiger partial charge in [-0.3, -0.25) is 10.2 Å². The van der Waals surface area contributed by atoms with E-state index < -0.39 is 0 Å². The predicted octanol–water partition coefficient (Wildman–Crippen LogP) is 0.629. The van der Waals surface area contributed by atoms with Gasteiger partial charge in [-0.25, -0.2) is 10.4 Å². The van der Waals surface area contributed by atoms with Crippen LogP contribution >= 0.6 is 0 Å². The number of hydrogen-bond donors (Lipinski definition) is 2. The minimum absolute atomic E-state index is 0.00584. The summed E-state index contributed by atoms with van der Waals surface area (Å²) in [4.78, 5) is 15.6. The lowest BCUT2D eigenvalue weighted by molar-refractivity contribution is -0.122. The molecule has 5 heteroatoms. The first-order valence-electron chi connectivity index (χ1n) is 5.56. The van der Waals surface area contributed by atoms with E-state index in [-0.39, 0.29) is 5.91 Å². The van der Waals surface area contributed by atoms with Gasteiger partial charge in [0, 0.05) is 26.2 Å². The fourth-order valence-electron chi connectivity index (χ4n) is 1.25. The molecule has 0 fully saturated rings. The van der Waals surface area contributed by atoms with Crippen molar-refractivity contribution < 1.29 is 4.79 Å². The molecule has 16 heavy (non-hydrogen) atoms. The molecule has 0 saturated heterocycles. The van der Waals surface area contributed by atoms with Gasteiger partial charge in [0.25, 0.3) is 0 Å². The van der Waals surface area contributed by atoms with E-state index in [4.69, 9.17) is 0 Å². The van der Waals surface area contributed by atoms with Gasteiger partial charge in [-0.2, -0.15) is 0 Å². The van der Waals surface area contributed by atoms with E-state index in [1.807, 2.05) is 17.8 Å². The van der Waals surface area contributed by atoms with E-state index in [1.54, 1.807) is 6.33 Å². The standard InChI is InChI=1S/C11H20N4O/c1-9(2)6-13-14-11(16)5-4-10-7-15(3)8-12-10/h7-9,13H,4-6H2,1-3H3,(H,14,16). The van der Waals surface area contributed by atoms with Gasteiger partial charge in [0.15, 0.2) is 0 Å². The van der Waals surface area contributed by atoms with Crippen LogP contribution in [0.3, 0.4) is 0 Å². The highest BCUT2D eigenvalue weighted by atomic mass is 16.2. The predicted molar refractivity (Wildman–Crippen MR) is 62.5 cm³/mol. The topological polar surface area (TPSA) is 58.9 Å². The van der Waals surface area contributed by atoms with Gasteiger partial charge in [-0.15, -0.1) is 0 Å². The average Bonchev–Trinajstić information content (AvgIpc) is 2.61. The molecule has 1 amide bonds. The molecule has 1 rings (SSSR count). The van der Waals surface area contributed by atoms with Crippen molar-refractivity contribution in [1.82, 2.24) is 20.4 Å². The number of aryl methyl sites for hydroxylation is 2. The molecule has 0 aliphatic heterocycles.